The lowest BCUT2D eigenvalue weighted by molar-refractivity contribution is -0.139. The number of benzene rings is 2. The van der Waals surface area contributed by atoms with Gasteiger partial charge in [-0.25, -0.2) is 0 Å². The van der Waals surface area contributed by atoms with Gasteiger partial charge in [-0.1, -0.05) is 43.1 Å². The number of rotatable bonds is 8. The zero-order valence-corrected chi connectivity index (χ0v) is 18.6. The number of halogens is 1. The highest BCUT2D eigenvalue weighted by molar-refractivity contribution is 6.46. The Bertz CT molecular complexity index is 1020. The molecule has 0 bridgehead atoms. The molecule has 1 heterocycles. The molecule has 6 nitrogen and oxygen atoms in total. The molecule has 1 saturated heterocycles. The number of nitrogens with zero attached hydrogens (tertiary/aromatic N) is 1. The lowest BCUT2D eigenvalue weighted by Gasteiger charge is -2.26. The first kappa shape index (κ1) is 22.7. The van der Waals surface area contributed by atoms with Crippen LogP contribution in [0.15, 0.2) is 48.0 Å². The van der Waals surface area contributed by atoms with E-state index < -0.39 is 17.7 Å². The summed E-state index contributed by atoms with van der Waals surface area (Å²) < 4.78 is 11.0. The van der Waals surface area contributed by atoms with Crippen LogP contribution in [0.3, 0.4) is 0 Å². The molecule has 1 aliphatic rings. The van der Waals surface area contributed by atoms with Crippen LogP contribution < -0.4 is 9.47 Å². The first-order chi connectivity index (χ1) is 14.9. The van der Waals surface area contributed by atoms with Crippen LogP contribution in [0.4, 0.5) is 0 Å². The molecular formula is C24H26ClNO5. The van der Waals surface area contributed by atoms with E-state index >= 15 is 0 Å². The number of carbonyl (C=O) groups is 2. The van der Waals surface area contributed by atoms with Gasteiger partial charge >= 0.3 is 0 Å². The average molecular weight is 444 g/mol. The minimum absolute atomic E-state index is 0.0235. The van der Waals surface area contributed by atoms with Crippen molar-refractivity contribution < 1.29 is 24.2 Å². The lowest BCUT2D eigenvalue weighted by Crippen LogP contribution is -2.30. The largest absolute Gasteiger partial charge is 0.507 e. The predicted octanol–water partition coefficient (Wildman–Crippen LogP) is 4.97. The van der Waals surface area contributed by atoms with Gasteiger partial charge in [0.2, 0.25) is 0 Å². The third-order valence-corrected chi connectivity index (χ3v) is 5.54. The maximum absolute atomic E-state index is 13.0. The molecule has 0 saturated carbocycles. The molecule has 0 aromatic heterocycles. The number of Topliss-reactive ketones (excluding diaryl/α,β-unsaturated/α-hetero) is 1. The highest BCUT2D eigenvalue weighted by atomic mass is 35.5. The fourth-order valence-electron chi connectivity index (χ4n) is 3.73. The van der Waals surface area contributed by atoms with E-state index in [4.69, 9.17) is 21.1 Å². The Morgan fingerprint density at radius 3 is 2.55 bits per heavy atom. The molecule has 1 amide bonds. The van der Waals surface area contributed by atoms with Crippen LogP contribution in [0.25, 0.3) is 5.76 Å². The van der Waals surface area contributed by atoms with E-state index in [1.165, 1.54) is 12.0 Å². The summed E-state index contributed by atoms with van der Waals surface area (Å²) in [4.78, 5) is 27.5. The predicted molar refractivity (Wildman–Crippen MR) is 120 cm³/mol. The van der Waals surface area contributed by atoms with Crippen molar-refractivity contribution in [2.45, 2.75) is 32.7 Å². The summed E-state index contributed by atoms with van der Waals surface area (Å²) in [7, 11) is 1.53. The first-order valence-electron chi connectivity index (χ1n) is 10.3. The fraction of sp³-hybridized carbons (Fsp3) is 0.333. The lowest BCUT2D eigenvalue weighted by atomic mass is 9.94. The van der Waals surface area contributed by atoms with Crippen LogP contribution in [0.2, 0.25) is 5.02 Å². The van der Waals surface area contributed by atoms with Crippen molar-refractivity contribution in [3.05, 3.63) is 64.2 Å². The van der Waals surface area contributed by atoms with E-state index in [9.17, 15) is 14.7 Å². The summed E-state index contributed by atoms with van der Waals surface area (Å²) in [6.07, 6.45) is 1.59. The first-order valence-corrected chi connectivity index (χ1v) is 10.7. The average Bonchev–Trinajstić information content (AvgIpc) is 3.03. The molecule has 3 rings (SSSR count). The Balaban J connectivity index is 2.20. The number of carbonyl (C=O) groups excluding carboxylic acids is 2. The number of hydrogen-bond acceptors (Lipinski definition) is 5. The minimum atomic E-state index is -0.756. The van der Waals surface area contributed by atoms with E-state index in [0.717, 1.165) is 12.8 Å². The molecule has 2 aromatic rings. The van der Waals surface area contributed by atoms with Crippen LogP contribution in [0, 0.1) is 0 Å². The number of ether oxygens (including phenoxy) is 2. The van der Waals surface area contributed by atoms with E-state index in [-0.39, 0.29) is 11.3 Å². The molecule has 0 radical (unpaired) electrons. The van der Waals surface area contributed by atoms with Crippen molar-refractivity contribution in [3.8, 4) is 11.5 Å². The second-order valence-electron chi connectivity index (χ2n) is 7.17. The molecule has 0 spiro atoms. The van der Waals surface area contributed by atoms with Crippen LogP contribution in [0.1, 0.15) is 43.9 Å². The van der Waals surface area contributed by atoms with Gasteiger partial charge in [0, 0.05) is 17.7 Å². The highest BCUT2D eigenvalue weighted by Crippen LogP contribution is 2.43. The molecule has 31 heavy (non-hydrogen) atoms. The van der Waals surface area contributed by atoms with Gasteiger partial charge in [0.15, 0.2) is 0 Å². The summed E-state index contributed by atoms with van der Waals surface area (Å²) >= 11 is 6.17. The van der Waals surface area contributed by atoms with Gasteiger partial charge in [0.1, 0.15) is 17.3 Å². The Kier molecular flexibility index (Phi) is 7.23. The molecular weight excluding hydrogens is 418 g/mol. The third kappa shape index (κ3) is 4.39. The highest BCUT2D eigenvalue weighted by Gasteiger charge is 2.46. The Morgan fingerprint density at radius 2 is 1.87 bits per heavy atom. The van der Waals surface area contributed by atoms with Crippen molar-refractivity contribution in [2.75, 3.05) is 20.3 Å². The SMILES string of the molecule is CCCCN1C(=O)C(=O)/C(=C(/O)c2ccc(Cl)c(OCC)c2)C1c1ccccc1OC. The molecule has 1 N–H and O–H groups in total. The van der Waals surface area contributed by atoms with E-state index in [1.807, 2.05) is 26.0 Å². The number of ketones is 1. The summed E-state index contributed by atoms with van der Waals surface area (Å²) in [6, 6.07) is 11.2. The maximum Gasteiger partial charge on any atom is 0.295 e. The fourth-order valence-corrected chi connectivity index (χ4v) is 3.90. The Hall–Kier alpha value is -2.99. The zero-order valence-electron chi connectivity index (χ0n) is 17.9. The number of hydrogen-bond donors (Lipinski definition) is 1. The number of likely N-dealkylation sites (tertiary alicyclic amines) is 1. The number of aliphatic hydroxyl groups excluding tert-OH is 1. The number of methoxy groups -OCH3 is 1. The van der Waals surface area contributed by atoms with Gasteiger partial charge in [-0.05, 0) is 37.6 Å². The molecule has 1 aliphatic heterocycles. The monoisotopic (exact) mass is 443 g/mol. The van der Waals surface area contributed by atoms with Gasteiger partial charge in [-0.15, -0.1) is 0 Å². The van der Waals surface area contributed by atoms with Crippen molar-refractivity contribution in [2.24, 2.45) is 0 Å². The van der Waals surface area contributed by atoms with E-state index in [2.05, 4.69) is 0 Å². The summed E-state index contributed by atoms with van der Waals surface area (Å²) in [5, 5.41) is 11.6. The summed E-state index contributed by atoms with van der Waals surface area (Å²) in [5.74, 6) is -0.705. The van der Waals surface area contributed by atoms with Crippen LogP contribution in [0.5, 0.6) is 11.5 Å². The van der Waals surface area contributed by atoms with Gasteiger partial charge in [-0.2, -0.15) is 0 Å². The van der Waals surface area contributed by atoms with Crippen LogP contribution in [-0.2, 0) is 9.59 Å². The van der Waals surface area contributed by atoms with Crippen molar-refractivity contribution in [1.29, 1.82) is 0 Å². The summed E-state index contributed by atoms with van der Waals surface area (Å²) in [6.45, 7) is 4.62. The van der Waals surface area contributed by atoms with E-state index in [1.54, 1.807) is 30.3 Å². The van der Waals surface area contributed by atoms with Crippen molar-refractivity contribution in [1.82, 2.24) is 4.90 Å². The second kappa shape index (κ2) is 9.88. The number of unbranched alkanes of at least 4 members (excludes halogenated alkanes) is 1. The molecule has 7 heteroatoms. The third-order valence-electron chi connectivity index (χ3n) is 5.23. The normalized spacial score (nSPS) is 17.8. The molecule has 2 aromatic carbocycles. The molecule has 1 fully saturated rings. The molecule has 164 valence electrons. The Labute approximate surface area is 187 Å². The molecule has 0 aliphatic carbocycles. The van der Waals surface area contributed by atoms with Gasteiger partial charge in [-0.3, -0.25) is 9.59 Å². The van der Waals surface area contributed by atoms with Crippen LogP contribution in [-0.4, -0.2) is 42.0 Å². The number of para-hydroxylation sites is 1. The number of aliphatic hydroxyl groups is 1. The minimum Gasteiger partial charge on any atom is -0.507 e. The van der Waals surface area contributed by atoms with Crippen LogP contribution >= 0.6 is 11.6 Å². The molecule has 1 atom stereocenters. The van der Waals surface area contributed by atoms with Gasteiger partial charge < -0.3 is 19.5 Å². The van der Waals surface area contributed by atoms with Gasteiger partial charge in [0.25, 0.3) is 11.7 Å². The zero-order chi connectivity index (χ0) is 22.5. The smallest absolute Gasteiger partial charge is 0.295 e. The topological polar surface area (TPSA) is 76.1 Å². The van der Waals surface area contributed by atoms with Crippen molar-refractivity contribution >= 4 is 29.1 Å². The van der Waals surface area contributed by atoms with Crippen molar-refractivity contribution in [3.63, 3.8) is 0 Å². The standard InChI is InChI=1S/C24H26ClNO5/c1-4-6-13-26-21(16-9-7-8-10-18(16)30-3)20(23(28)24(26)29)22(27)15-11-12-17(25)19(14-15)31-5-2/h7-12,14,21,27H,4-6,13H2,1-3H3/b22-20+. The second-order valence-corrected chi connectivity index (χ2v) is 7.57. The summed E-state index contributed by atoms with van der Waals surface area (Å²) in [5.41, 5.74) is 1.01. The molecule has 1 unspecified atom stereocenters. The maximum atomic E-state index is 13.0. The Morgan fingerprint density at radius 1 is 1.13 bits per heavy atom. The van der Waals surface area contributed by atoms with Gasteiger partial charge in [0.05, 0.1) is 30.4 Å². The quantitative estimate of drug-likeness (QED) is 0.354. The van der Waals surface area contributed by atoms with E-state index in [0.29, 0.717) is 40.8 Å². The number of amides is 1.